The molecule has 0 heterocycles. The fourth-order valence-corrected chi connectivity index (χ4v) is 2.31. The molecule has 0 amide bonds. The van der Waals surface area contributed by atoms with Crippen LogP contribution in [0.25, 0.3) is 0 Å². The fourth-order valence-electron chi connectivity index (χ4n) is 1.22. The second kappa shape index (κ2) is 7.45. The number of halogens is 4. The average Bonchev–Trinajstić information content (AvgIpc) is 2.31. The van der Waals surface area contributed by atoms with E-state index in [1.807, 2.05) is 22.6 Å². The lowest BCUT2D eigenvalue weighted by Crippen LogP contribution is -2.29. The van der Waals surface area contributed by atoms with Crippen molar-refractivity contribution in [3.8, 4) is 11.5 Å². The van der Waals surface area contributed by atoms with Gasteiger partial charge in [0.15, 0.2) is 0 Å². The number of rotatable bonds is 3. The van der Waals surface area contributed by atoms with Gasteiger partial charge in [0.2, 0.25) is 0 Å². The Balaban J connectivity index is 2.94. The van der Waals surface area contributed by atoms with Crippen molar-refractivity contribution < 1.29 is 32.6 Å². The number of carbonyl (C=O) groups excluding carboxylic acids is 2. The molecule has 5 nitrogen and oxygen atoms in total. The van der Waals surface area contributed by atoms with Gasteiger partial charge in [-0.15, -0.1) is 0 Å². The van der Waals surface area contributed by atoms with Crippen LogP contribution in [0.1, 0.15) is 27.7 Å². The molecule has 1 rings (SSSR count). The Morgan fingerprint density at radius 2 is 1.39 bits per heavy atom. The predicted molar refractivity (Wildman–Crippen MR) is 95.0 cm³/mol. The summed E-state index contributed by atoms with van der Waals surface area (Å²) in [4.78, 5) is 22.9. The van der Waals surface area contributed by atoms with Crippen LogP contribution in [0, 0.1) is 7.14 Å². The Hall–Kier alpha value is -0.720. The van der Waals surface area contributed by atoms with E-state index in [0.29, 0.717) is 14.1 Å². The van der Waals surface area contributed by atoms with E-state index in [0.717, 1.165) is 0 Å². The van der Waals surface area contributed by atoms with Crippen molar-refractivity contribution in [2.24, 2.45) is 0 Å². The van der Waals surface area contributed by atoms with Gasteiger partial charge in [0.25, 0.3) is 0 Å². The molecule has 0 aliphatic carbocycles. The summed E-state index contributed by atoms with van der Waals surface area (Å²) in [6, 6.07) is 2.72. The van der Waals surface area contributed by atoms with Gasteiger partial charge in [0, 0.05) is 6.92 Å². The van der Waals surface area contributed by atoms with Crippen LogP contribution in [-0.4, -0.2) is 23.6 Å². The predicted octanol–water partition coefficient (Wildman–Crippen LogP) is 4.77. The number of benzene rings is 1. The van der Waals surface area contributed by atoms with Crippen LogP contribution in [-0.2, 0) is 9.53 Å². The number of hydrogen-bond donors (Lipinski definition) is 0. The Labute approximate surface area is 159 Å². The molecule has 9 heteroatoms. The van der Waals surface area contributed by atoms with Gasteiger partial charge in [-0.25, -0.2) is 9.59 Å². The van der Waals surface area contributed by atoms with Crippen molar-refractivity contribution in [1.82, 2.24) is 0 Å². The summed E-state index contributed by atoms with van der Waals surface area (Å²) >= 11 is 3.61. The van der Waals surface area contributed by atoms with Gasteiger partial charge < -0.3 is 14.2 Å². The van der Waals surface area contributed by atoms with E-state index in [2.05, 4.69) is 4.74 Å². The summed E-state index contributed by atoms with van der Waals surface area (Å²) in [6.07, 6.45) is -0.893. The van der Waals surface area contributed by atoms with Crippen LogP contribution < -0.4 is 9.47 Å². The van der Waals surface area contributed by atoms with Crippen molar-refractivity contribution >= 4 is 57.3 Å². The van der Waals surface area contributed by atoms with Gasteiger partial charge in [-0.2, -0.15) is 8.78 Å². The molecule has 0 atom stereocenters. The summed E-state index contributed by atoms with van der Waals surface area (Å²) in [5.41, 5.74) is -0.710. The normalized spacial score (nSPS) is 11.8. The minimum Gasteiger partial charge on any atom is -0.428 e. The van der Waals surface area contributed by atoms with Crippen molar-refractivity contribution in [2.75, 3.05) is 0 Å². The van der Waals surface area contributed by atoms with E-state index in [1.165, 1.54) is 12.1 Å². The summed E-state index contributed by atoms with van der Waals surface area (Å²) in [5.74, 6) is -5.13. The van der Waals surface area contributed by atoms with Gasteiger partial charge in [-0.1, -0.05) is 0 Å². The third kappa shape index (κ3) is 6.73. The molecule has 128 valence electrons. The number of alkyl halides is 2. The van der Waals surface area contributed by atoms with Gasteiger partial charge in [0.1, 0.15) is 17.1 Å². The van der Waals surface area contributed by atoms with E-state index in [9.17, 15) is 18.4 Å². The third-order valence-corrected chi connectivity index (χ3v) is 3.82. The number of esters is 1. The molecule has 1 aromatic rings. The smallest absolute Gasteiger partial charge is 0.428 e. The first-order valence-corrected chi connectivity index (χ1v) is 8.45. The van der Waals surface area contributed by atoms with E-state index in [-0.39, 0.29) is 11.5 Å². The highest BCUT2D eigenvalue weighted by atomic mass is 127. The van der Waals surface area contributed by atoms with Gasteiger partial charge in [-0.3, -0.25) is 0 Å². The van der Waals surface area contributed by atoms with E-state index in [1.54, 1.807) is 43.4 Å². The standard InChI is InChI=1S/C14H14F2I2O5/c1-13(2,3)23-12(20)22-10-6-7(17)9(5-8(10)18)21-11(19)14(4,15)16/h5-6H,1-4H3. The maximum atomic E-state index is 12.9. The number of carbonyl (C=O) groups is 2. The van der Waals surface area contributed by atoms with Crippen LogP contribution >= 0.6 is 45.2 Å². The summed E-state index contributed by atoms with van der Waals surface area (Å²) in [7, 11) is 0. The molecule has 0 saturated heterocycles. The highest BCUT2D eigenvalue weighted by Gasteiger charge is 2.35. The maximum absolute atomic E-state index is 12.9. The number of hydrogen-bond acceptors (Lipinski definition) is 5. The molecule has 0 aromatic heterocycles. The van der Waals surface area contributed by atoms with Crippen molar-refractivity contribution in [3.05, 3.63) is 19.3 Å². The van der Waals surface area contributed by atoms with E-state index >= 15 is 0 Å². The summed E-state index contributed by atoms with van der Waals surface area (Å²) in [5, 5.41) is 0. The van der Waals surface area contributed by atoms with Crippen LogP contribution in [0.5, 0.6) is 11.5 Å². The minimum atomic E-state index is -3.60. The monoisotopic (exact) mass is 554 g/mol. The molecule has 0 aliphatic heterocycles. The first-order chi connectivity index (χ1) is 10.3. The molecule has 0 radical (unpaired) electrons. The molecule has 0 spiro atoms. The molecule has 0 unspecified atom stereocenters. The number of ether oxygens (including phenoxy) is 3. The van der Waals surface area contributed by atoms with Crippen molar-refractivity contribution in [1.29, 1.82) is 0 Å². The maximum Gasteiger partial charge on any atom is 0.514 e. The lowest BCUT2D eigenvalue weighted by atomic mass is 10.2. The molecule has 0 bridgehead atoms. The molecule has 1 aromatic carbocycles. The molecule has 23 heavy (non-hydrogen) atoms. The second-order valence-electron chi connectivity index (χ2n) is 5.56. The Kier molecular flexibility index (Phi) is 6.58. The summed E-state index contributed by atoms with van der Waals surface area (Å²) < 4.78 is 41.2. The first-order valence-electron chi connectivity index (χ1n) is 6.29. The third-order valence-electron chi connectivity index (χ3n) is 2.13. The van der Waals surface area contributed by atoms with Crippen LogP contribution in [0.4, 0.5) is 13.6 Å². The van der Waals surface area contributed by atoms with Gasteiger partial charge in [-0.05, 0) is 78.1 Å². The highest BCUT2D eigenvalue weighted by Crippen LogP contribution is 2.32. The molecule has 0 N–H and O–H groups in total. The van der Waals surface area contributed by atoms with Gasteiger partial charge >= 0.3 is 18.0 Å². The minimum absolute atomic E-state index is 0.0435. The highest BCUT2D eigenvalue weighted by molar-refractivity contribution is 14.1. The topological polar surface area (TPSA) is 61.8 Å². The van der Waals surface area contributed by atoms with Crippen molar-refractivity contribution in [3.63, 3.8) is 0 Å². The van der Waals surface area contributed by atoms with Crippen molar-refractivity contribution in [2.45, 2.75) is 39.2 Å². The second-order valence-corrected chi connectivity index (χ2v) is 7.88. The lowest BCUT2D eigenvalue weighted by molar-refractivity contribution is -0.158. The van der Waals surface area contributed by atoms with E-state index in [4.69, 9.17) is 9.47 Å². The Morgan fingerprint density at radius 3 is 1.78 bits per heavy atom. The molecular weight excluding hydrogens is 540 g/mol. The van der Waals surface area contributed by atoms with E-state index < -0.39 is 23.6 Å². The summed E-state index contributed by atoms with van der Waals surface area (Å²) in [6.45, 7) is 5.52. The van der Waals surface area contributed by atoms with Crippen LogP contribution in [0.3, 0.4) is 0 Å². The zero-order valence-electron chi connectivity index (χ0n) is 12.7. The van der Waals surface area contributed by atoms with Gasteiger partial charge in [0.05, 0.1) is 7.14 Å². The largest absolute Gasteiger partial charge is 0.514 e. The Bertz CT molecular complexity index is 621. The Morgan fingerprint density at radius 1 is 0.957 bits per heavy atom. The fraction of sp³-hybridized carbons (Fsp3) is 0.429. The van der Waals surface area contributed by atoms with Crippen LogP contribution in [0.15, 0.2) is 12.1 Å². The molecular formula is C14H14F2I2O5. The zero-order chi connectivity index (χ0) is 18.0. The molecule has 0 aliphatic rings. The average molecular weight is 554 g/mol. The van der Waals surface area contributed by atoms with Crippen LogP contribution in [0.2, 0.25) is 0 Å². The zero-order valence-corrected chi connectivity index (χ0v) is 17.0. The quantitative estimate of drug-likeness (QED) is 0.233. The molecule has 0 saturated carbocycles. The first kappa shape index (κ1) is 20.3. The SMILES string of the molecule is CC(C)(C)OC(=O)Oc1cc(I)c(OC(=O)C(C)(F)F)cc1I. The molecule has 0 fully saturated rings. The lowest BCUT2D eigenvalue weighted by Gasteiger charge is -2.19.